The first-order chi connectivity index (χ1) is 16.3. The number of hydrogen-bond donors (Lipinski definition) is 2. The van der Waals surface area contributed by atoms with E-state index >= 15 is 0 Å². The lowest BCUT2D eigenvalue weighted by molar-refractivity contribution is 0.0601. The van der Waals surface area contributed by atoms with Gasteiger partial charge in [-0.1, -0.05) is 18.2 Å². The number of anilines is 1. The molecule has 1 aromatic heterocycles. The molecular formula is C24H21FN4O4S. The van der Waals surface area contributed by atoms with E-state index in [9.17, 15) is 17.6 Å². The summed E-state index contributed by atoms with van der Waals surface area (Å²) in [5.74, 6) is -1.07. The van der Waals surface area contributed by atoms with E-state index in [1.807, 2.05) is 36.5 Å². The molecule has 0 fully saturated rings. The molecule has 0 aliphatic heterocycles. The first-order valence-corrected chi connectivity index (χ1v) is 11.7. The van der Waals surface area contributed by atoms with Gasteiger partial charge in [0, 0.05) is 29.6 Å². The molecule has 0 saturated carbocycles. The summed E-state index contributed by atoms with van der Waals surface area (Å²) in [6.45, 7) is 0.234. The maximum Gasteiger partial charge on any atom is 0.340 e. The van der Waals surface area contributed by atoms with Crippen LogP contribution in [-0.2, 0) is 21.3 Å². The van der Waals surface area contributed by atoms with E-state index in [-0.39, 0.29) is 22.8 Å². The largest absolute Gasteiger partial charge is 0.465 e. The molecule has 3 aromatic carbocycles. The van der Waals surface area contributed by atoms with Gasteiger partial charge >= 0.3 is 5.97 Å². The first-order valence-electron chi connectivity index (χ1n) is 10.1. The number of carbonyl (C=O) groups is 1. The minimum Gasteiger partial charge on any atom is -0.465 e. The average molecular weight is 481 g/mol. The molecule has 0 unspecified atom stereocenters. The Hall–Kier alpha value is -4.02. The summed E-state index contributed by atoms with van der Waals surface area (Å²) in [7, 11) is -2.80. The van der Waals surface area contributed by atoms with E-state index in [4.69, 9.17) is 9.88 Å². The quantitative estimate of drug-likeness (QED) is 0.390. The van der Waals surface area contributed by atoms with Gasteiger partial charge in [0.25, 0.3) is 0 Å². The molecule has 0 aliphatic carbocycles. The standard InChI is InChI=1S/C24H21FN4O4S/c1-33-24(30)21-13-20(34(26,31)32)11-12-22(21)27-14-17-15-29(19-5-3-2-4-6-19)28-23(17)16-7-9-18(25)10-8-16/h2-13,15,27H,14H2,1H3,(H2,26,31,32). The Morgan fingerprint density at radius 2 is 1.79 bits per heavy atom. The number of carbonyl (C=O) groups excluding carboxylic acids is 1. The van der Waals surface area contributed by atoms with E-state index in [0.29, 0.717) is 16.9 Å². The third kappa shape index (κ3) is 4.98. The van der Waals surface area contributed by atoms with Gasteiger partial charge in [-0.15, -0.1) is 0 Å². The first kappa shape index (κ1) is 23.1. The number of hydrogen-bond acceptors (Lipinski definition) is 6. The zero-order chi connectivity index (χ0) is 24.3. The van der Waals surface area contributed by atoms with Gasteiger partial charge in [-0.2, -0.15) is 5.10 Å². The average Bonchev–Trinajstić information content (AvgIpc) is 3.27. The van der Waals surface area contributed by atoms with Crippen LogP contribution in [0.15, 0.2) is 83.9 Å². The molecule has 0 amide bonds. The Balaban J connectivity index is 1.72. The Morgan fingerprint density at radius 3 is 2.44 bits per heavy atom. The lowest BCUT2D eigenvalue weighted by atomic mass is 10.1. The van der Waals surface area contributed by atoms with E-state index in [1.54, 1.807) is 16.8 Å². The van der Waals surface area contributed by atoms with Crippen molar-refractivity contribution in [3.05, 3.63) is 95.9 Å². The van der Waals surface area contributed by atoms with Crippen molar-refractivity contribution in [2.24, 2.45) is 5.14 Å². The van der Waals surface area contributed by atoms with Crippen molar-refractivity contribution < 1.29 is 22.3 Å². The van der Waals surface area contributed by atoms with Crippen LogP contribution >= 0.6 is 0 Å². The van der Waals surface area contributed by atoms with Crippen LogP contribution in [-0.4, -0.2) is 31.3 Å². The van der Waals surface area contributed by atoms with Crippen molar-refractivity contribution in [2.75, 3.05) is 12.4 Å². The number of esters is 1. The highest BCUT2D eigenvalue weighted by atomic mass is 32.2. The molecule has 4 aromatic rings. The molecule has 0 saturated heterocycles. The molecule has 4 rings (SSSR count). The molecule has 0 spiro atoms. The van der Waals surface area contributed by atoms with Crippen molar-refractivity contribution in [1.29, 1.82) is 0 Å². The smallest absolute Gasteiger partial charge is 0.340 e. The fourth-order valence-electron chi connectivity index (χ4n) is 3.43. The number of halogens is 1. The molecule has 34 heavy (non-hydrogen) atoms. The number of nitrogens with one attached hydrogen (secondary N) is 1. The van der Waals surface area contributed by atoms with Crippen LogP contribution < -0.4 is 10.5 Å². The zero-order valence-corrected chi connectivity index (χ0v) is 18.9. The predicted molar refractivity (Wildman–Crippen MR) is 125 cm³/mol. The van der Waals surface area contributed by atoms with Gasteiger partial charge in [-0.25, -0.2) is 27.4 Å². The summed E-state index contributed by atoms with van der Waals surface area (Å²) in [6.07, 6.45) is 1.83. The number of aromatic nitrogens is 2. The Labute approximate surface area is 195 Å². The molecule has 0 aliphatic rings. The lowest BCUT2D eigenvalue weighted by Gasteiger charge is -2.12. The van der Waals surface area contributed by atoms with Crippen molar-refractivity contribution >= 4 is 21.7 Å². The van der Waals surface area contributed by atoms with Gasteiger partial charge in [0.15, 0.2) is 0 Å². The van der Waals surface area contributed by atoms with Gasteiger partial charge < -0.3 is 10.1 Å². The molecule has 174 valence electrons. The molecule has 0 bridgehead atoms. The molecule has 10 heteroatoms. The van der Waals surface area contributed by atoms with Crippen molar-refractivity contribution in [3.8, 4) is 16.9 Å². The Kier molecular flexibility index (Phi) is 6.44. The van der Waals surface area contributed by atoms with E-state index in [1.165, 1.54) is 31.4 Å². The SMILES string of the molecule is COC(=O)c1cc(S(N)(=O)=O)ccc1NCc1cn(-c2ccccc2)nc1-c1ccc(F)cc1. The van der Waals surface area contributed by atoms with Crippen molar-refractivity contribution in [3.63, 3.8) is 0 Å². The summed E-state index contributed by atoms with van der Waals surface area (Å²) >= 11 is 0. The monoisotopic (exact) mass is 480 g/mol. The number of rotatable bonds is 7. The number of nitrogens with two attached hydrogens (primary N) is 1. The molecule has 0 atom stereocenters. The fraction of sp³-hybridized carbons (Fsp3) is 0.0833. The summed E-state index contributed by atoms with van der Waals surface area (Å²) in [6, 6.07) is 19.4. The number of sulfonamides is 1. The summed E-state index contributed by atoms with van der Waals surface area (Å²) in [4.78, 5) is 12.1. The van der Waals surface area contributed by atoms with Crippen LogP contribution in [0.3, 0.4) is 0 Å². The minimum absolute atomic E-state index is 0.0211. The van der Waals surface area contributed by atoms with Gasteiger partial charge in [-0.3, -0.25) is 0 Å². The maximum atomic E-state index is 13.5. The predicted octanol–water partition coefficient (Wildman–Crippen LogP) is 3.72. The van der Waals surface area contributed by atoms with Gasteiger partial charge in [0.05, 0.1) is 29.0 Å². The molecule has 3 N–H and O–H groups in total. The van der Waals surface area contributed by atoms with Crippen LogP contribution in [0, 0.1) is 5.82 Å². The highest BCUT2D eigenvalue weighted by Gasteiger charge is 2.18. The topological polar surface area (TPSA) is 116 Å². The lowest BCUT2D eigenvalue weighted by Crippen LogP contribution is -2.15. The molecule has 1 heterocycles. The van der Waals surface area contributed by atoms with Gasteiger partial charge in [0.2, 0.25) is 10.0 Å². The van der Waals surface area contributed by atoms with Crippen molar-refractivity contribution in [2.45, 2.75) is 11.4 Å². The number of methoxy groups -OCH3 is 1. The second kappa shape index (κ2) is 9.46. The summed E-state index contributed by atoms with van der Waals surface area (Å²) < 4.78 is 43.4. The number of benzene rings is 3. The Morgan fingerprint density at radius 1 is 1.09 bits per heavy atom. The highest BCUT2D eigenvalue weighted by Crippen LogP contribution is 2.27. The fourth-order valence-corrected chi connectivity index (χ4v) is 3.97. The van der Waals surface area contributed by atoms with Gasteiger partial charge in [0.1, 0.15) is 5.82 Å². The maximum absolute atomic E-state index is 13.5. The zero-order valence-electron chi connectivity index (χ0n) is 18.1. The normalized spacial score (nSPS) is 11.3. The Bertz CT molecular complexity index is 1440. The summed E-state index contributed by atoms with van der Waals surface area (Å²) in [5.41, 5.74) is 3.32. The number of nitrogens with zero attached hydrogens (tertiary/aromatic N) is 2. The van der Waals surface area contributed by atoms with Crippen LogP contribution in [0.1, 0.15) is 15.9 Å². The number of para-hydroxylation sites is 1. The molecule has 0 radical (unpaired) electrons. The van der Waals surface area contributed by atoms with E-state index in [0.717, 1.165) is 17.3 Å². The highest BCUT2D eigenvalue weighted by molar-refractivity contribution is 7.89. The molecular weight excluding hydrogens is 459 g/mol. The minimum atomic E-state index is -4.00. The van der Waals surface area contributed by atoms with E-state index < -0.39 is 16.0 Å². The van der Waals surface area contributed by atoms with Crippen LogP contribution in [0.4, 0.5) is 10.1 Å². The second-order valence-electron chi connectivity index (χ2n) is 7.39. The third-order valence-electron chi connectivity index (χ3n) is 5.12. The van der Waals surface area contributed by atoms with Gasteiger partial charge in [-0.05, 0) is 54.6 Å². The van der Waals surface area contributed by atoms with Crippen LogP contribution in [0.25, 0.3) is 16.9 Å². The number of ether oxygens (including phenoxy) is 1. The van der Waals surface area contributed by atoms with E-state index in [2.05, 4.69) is 10.4 Å². The van der Waals surface area contributed by atoms with Crippen LogP contribution in [0.2, 0.25) is 0 Å². The number of primary sulfonamides is 1. The van der Waals surface area contributed by atoms with Crippen molar-refractivity contribution in [1.82, 2.24) is 9.78 Å². The van der Waals surface area contributed by atoms with Crippen LogP contribution in [0.5, 0.6) is 0 Å². The second-order valence-corrected chi connectivity index (χ2v) is 8.95. The summed E-state index contributed by atoms with van der Waals surface area (Å²) in [5, 5.41) is 13.0. The molecule has 8 nitrogen and oxygen atoms in total. The third-order valence-corrected chi connectivity index (χ3v) is 6.03.